The summed E-state index contributed by atoms with van der Waals surface area (Å²) in [5.74, 6) is 1.92. The topological polar surface area (TPSA) is 48.0 Å². The summed E-state index contributed by atoms with van der Waals surface area (Å²) in [5, 5.41) is 0. The summed E-state index contributed by atoms with van der Waals surface area (Å²) >= 11 is 0. The second-order valence-corrected chi connectivity index (χ2v) is 5.48. The smallest absolute Gasteiger partial charge is 0.260 e. The molecule has 1 unspecified atom stereocenters. The zero-order valence-electron chi connectivity index (χ0n) is 13.6. The minimum Gasteiger partial charge on any atom is -0.496 e. The van der Waals surface area contributed by atoms with Gasteiger partial charge in [0.15, 0.2) is 6.61 Å². The fraction of sp³-hybridized carbons (Fsp3) is 0.588. The van der Waals surface area contributed by atoms with E-state index in [-0.39, 0.29) is 12.5 Å². The van der Waals surface area contributed by atoms with Gasteiger partial charge >= 0.3 is 0 Å². The van der Waals surface area contributed by atoms with Crippen molar-refractivity contribution in [1.82, 2.24) is 4.90 Å². The molecule has 0 N–H and O–H groups in total. The predicted octanol–water partition coefficient (Wildman–Crippen LogP) is 2.87. The Balaban J connectivity index is 1.98. The van der Waals surface area contributed by atoms with E-state index in [0.29, 0.717) is 23.3 Å². The van der Waals surface area contributed by atoms with E-state index in [9.17, 15) is 4.79 Å². The number of piperidine rings is 1. The third-order valence-corrected chi connectivity index (χ3v) is 4.11. The molecule has 0 bridgehead atoms. The molecule has 1 aliphatic rings. The number of carbonyl (C=O) groups excluding carboxylic acids is 1. The summed E-state index contributed by atoms with van der Waals surface area (Å²) in [6.07, 6.45) is 4.37. The Bertz CT molecular complexity index is 481. The van der Waals surface area contributed by atoms with Gasteiger partial charge in [-0.1, -0.05) is 6.92 Å². The molecule has 1 aromatic rings. The van der Waals surface area contributed by atoms with Crippen LogP contribution in [0.2, 0.25) is 0 Å². The van der Waals surface area contributed by atoms with E-state index in [1.54, 1.807) is 32.4 Å². The van der Waals surface area contributed by atoms with E-state index in [0.717, 1.165) is 25.8 Å². The summed E-state index contributed by atoms with van der Waals surface area (Å²) in [5.41, 5.74) is 0. The molecule has 5 nitrogen and oxygen atoms in total. The molecule has 122 valence electrons. The minimum absolute atomic E-state index is 0.0484. The average molecular weight is 307 g/mol. The number of hydrogen-bond acceptors (Lipinski definition) is 4. The molecular weight excluding hydrogens is 282 g/mol. The lowest BCUT2D eigenvalue weighted by molar-refractivity contribution is -0.137. The zero-order valence-corrected chi connectivity index (χ0v) is 13.6. The summed E-state index contributed by atoms with van der Waals surface area (Å²) in [4.78, 5) is 14.3. The highest BCUT2D eigenvalue weighted by atomic mass is 16.5. The predicted molar refractivity (Wildman–Crippen MR) is 84.7 cm³/mol. The maximum Gasteiger partial charge on any atom is 0.260 e. The number of nitrogens with zero attached hydrogens (tertiary/aromatic N) is 1. The fourth-order valence-electron chi connectivity index (χ4n) is 2.85. The molecule has 1 saturated heterocycles. The second kappa shape index (κ2) is 7.92. The molecule has 1 fully saturated rings. The van der Waals surface area contributed by atoms with E-state index >= 15 is 0 Å². The van der Waals surface area contributed by atoms with Gasteiger partial charge < -0.3 is 19.1 Å². The van der Waals surface area contributed by atoms with Crippen LogP contribution in [0.25, 0.3) is 0 Å². The van der Waals surface area contributed by atoms with Crippen molar-refractivity contribution in [3.05, 3.63) is 18.2 Å². The van der Waals surface area contributed by atoms with E-state index < -0.39 is 0 Å². The van der Waals surface area contributed by atoms with Gasteiger partial charge in [0, 0.05) is 30.8 Å². The number of methoxy groups -OCH3 is 2. The maximum atomic E-state index is 12.4. The van der Waals surface area contributed by atoms with E-state index in [1.807, 2.05) is 4.90 Å². The van der Waals surface area contributed by atoms with Gasteiger partial charge in [-0.15, -0.1) is 0 Å². The molecule has 22 heavy (non-hydrogen) atoms. The molecule has 1 aromatic carbocycles. The van der Waals surface area contributed by atoms with Crippen LogP contribution in [0.4, 0.5) is 0 Å². The van der Waals surface area contributed by atoms with Crippen LogP contribution in [-0.4, -0.2) is 44.2 Å². The van der Waals surface area contributed by atoms with Crippen molar-refractivity contribution in [2.24, 2.45) is 0 Å². The van der Waals surface area contributed by atoms with Gasteiger partial charge in [-0.3, -0.25) is 4.79 Å². The first-order valence-electron chi connectivity index (χ1n) is 7.83. The summed E-state index contributed by atoms with van der Waals surface area (Å²) in [7, 11) is 3.17. The Morgan fingerprint density at radius 1 is 1.14 bits per heavy atom. The van der Waals surface area contributed by atoms with Crippen LogP contribution >= 0.6 is 0 Å². The summed E-state index contributed by atoms with van der Waals surface area (Å²) in [6, 6.07) is 5.63. The average Bonchev–Trinajstić information content (AvgIpc) is 2.59. The van der Waals surface area contributed by atoms with E-state index in [2.05, 4.69) is 6.92 Å². The molecule has 0 saturated carbocycles. The highest BCUT2D eigenvalue weighted by Crippen LogP contribution is 2.27. The van der Waals surface area contributed by atoms with Crippen LogP contribution in [0.5, 0.6) is 17.2 Å². The van der Waals surface area contributed by atoms with Gasteiger partial charge in [0.2, 0.25) is 0 Å². The van der Waals surface area contributed by atoms with E-state index in [4.69, 9.17) is 14.2 Å². The Kier molecular flexibility index (Phi) is 5.92. The molecule has 1 amide bonds. The van der Waals surface area contributed by atoms with Gasteiger partial charge in [-0.05, 0) is 25.7 Å². The number of hydrogen-bond donors (Lipinski definition) is 0. The maximum absolute atomic E-state index is 12.4. The lowest BCUT2D eigenvalue weighted by Gasteiger charge is -2.35. The van der Waals surface area contributed by atoms with Crippen LogP contribution < -0.4 is 14.2 Å². The summed E-state index contributed by atoms with van der Waals surface area (Å²) < 4.78 is 16.0. The SMILES string of the molecule is CCC1CCCCN1C(=O)COc1cc(OC)cc(OC)c1. The zero-order chi connectivity index (χ0) is 15.9. The molecule has 0 aliphatic carbocycles. The molecule has 5 heteroatoms. The number of likely N-dealkylation sites (tertiary alicyclic amines) is 1. The van der Waals surface area contributed by atoms with Crippen molar-refractivity contribution in [2.75, 3.05) is 27.4 Å². The van der Waals surface area contributed by atoms with E-state index in [1.165, 1.54) is 6.42 Å². The van der Waals surface area contributed by atoms with Crippen molar-refractivity contribution in [1.29, 1.82) is 0 Å². The Labute approximate surface area is 132 Å². The molecule has 0 radical (unpaired) electrons. The number of benzene rings is 1. The third kappa shape index (κ3) is 4.06. The lowest BCUT2D eigenvalue weighted by atomic mass is 10.00. The molecule has 0 spiro atoms. The quantitative estimate of drug-likeness (QED) is 0.811. The van der Waals surface area contributed by atoms with Gasteiger partial charge in [-0.25, -0.2) is 0 Å². The molecule has 0 aromatic heterocycles. The number of rotatable bonds is 6. The largest absolute Gasteiger partial charge is 0.496 e. The molecule has 2 rings (SSSR count). The van der Waals surface area contributed by atoms with Crippen LogP contribution in [0, 0.1) is 0 Å². The Morgan fingerprint density at radius 3 is 2.36 bits per heavy atom. The third-order valence-electron chi connectivity index (χ3n) is 4.11. The first-order valence-corrected chi connectivity index (χ1v) is 7.83. The molecule has 1 heterocycles. The summed E-state index contributed by atoms with van der Waals surface area (Å²) in [6.45, 7) is 3.01. The number of ether oxygens (including phenoxy) is 3. The fourth-order valence-corrected chi connectivity index (χ4v) is 2.85. The highest BCUT2D eigenvalue weighted by Gasteiger charge is 2.25. The standard InChI is InChI=1S/C17H25NO4/c1-4-13-7-5-6-8-18(13)17(19)12-22-16-10-14(20-2)9-15(11-16)21-3/h9-11,13H,4-8,12H2,1-3H3. The van der Waals surface area contributed by atoms with Gasteiger partial charge in [0.05, 0.1) is 14.2 Å². The lowest BCUT2D eigenvalue weighted by Crippen LogP contribution is -2.45. The molecule has 1 atom stereocenters. The van der Waals surface area contributed by atoms with Crippen molar-refractivity contribution in [2.45, 2.75) is 38.6 Å². The Morgan fingerprint density at radius 2 is 1.77 bits per heavy atom. The normalized spacial score (nSPS) is 18.0. The van der Waals surface area contributed by atoms with Gasteiger partial charge in [0.1, 0.15) is 17.2 Å². The van der Waals surface area contributed by atoms with Crippen molar-refractivity contribution in [3.63, 3.8) is 0 Å². The molecular formula is C17H25NO4. The number of carbonyl (C=O) groups is 1. The first kappa shape index (κ1) is 16.5. The minimum atomic E-state index is 0.0484. The monoisotopic (exact) mass is 307 g/mol. The number of amides is 1. The van der Waals surface area contributed by atoms with Crippen LogP contribution in [0.3, 0.4) is 0 Å². The first-order chi connectivity index (χ1) is 10.7. The highest BCUT2D eigenvalue weighted by molar-refractivity contribution is 5.78. The van der Waals surface area contributed by atoms with Crippen LogP contribution in [0.1, 0.15) is 32.6 Å². The van der Waals surface area contributed by atoms with Crippen molar-refractivity contribution >= 4 is 5.91 Å². The van der Waals surface area contributed by atoms with Crippen LogP contribution in [0.15, 0.2) is 18.2 Å². The van der Waals surface area contributed by atoms with Crippen LogP contribution in [-0.2, 0) is 4.79 Å². The van der Waals surface area contributed by atoms with Gasteiger partial charge in [-0.2, -0.15) is 0 Å². The molecule has 1 aliphatic heterocycles. The second-order valence-electron chi connectivity index (χ2n) is 5.48. The Hall–Kier alpha value is -1.91. The van der Waals surface area contributed by atoms with Crippen molar-refractivity contribution < 1.29 is 19.0 Å². The van der Waals surface area contributed by atoms with Crippen molar-refractivity contribution in [3.8, 4) is 17.2 Å². The van der Waals surface area contributed by atoms with Gasteiger partial charge in [0.25, 0.3) is 5.91 Å².